The zero-order valence-electron chi connectivity index (χ0n) is 21.8. The predicted octanol–water partition coefficient (Wildman–Crippen LogP) is 2.72. The Morgan fingerprint density at radius 3 is 2.35 bits per heavy atom. The smallest absolute Gasteiger partial charge is 0.440 e. The number of carbonyl (C=O) groups excluding carboxylic acids is 2. The van der Waals surface area contributed by atoms with E-state index in [0.717, 1.165) is 0 Å². The first kappa shape index (κ1) is 32.1. The maximum absolute atomic E-state index is 12.8. The molecule has 0 spiro atoms. The molecular weight excluding hydrogens is 513 g/mol. The lowest BCUT2D eigenvalue weighted by Crippen LogP contribution is -2.18. The molecule has 0 saturated carbocycles. The van der Waals surface area contributed by atoms with Crippen LogP contribution in [0.25, 0.3) is 5.52 Å². The zero-order chi connectivity index (χ0) is 28.0. The van der Waals surface area contributed by atoms with Crippen LogP contribution in [0.2, 0.25) is 0 Å². The molecule has 2 aromatic heterocycles. The maximum Gasteiger partial charge on any atom is 0.510 e. The van der Waals surface area contributed by atoms with Crippen molar-refractivity contribution in [3.8, 4) is 0 Å². The van der Waals surface area contributed by atoms with Crippen molar-refractivity contribution in [2.75, 3.05) is 38.5 Å². The highest BCUT2D eigenvalue weighted by Gasteiger charge is 2.28. The summed E-state index contributed by atoms with van der Waals surface area (Å²) in [5.41, 5.74) is 12.8. The molecule has 0 aromatic carbocycles. The second kappa shape index (κ2) is 16.0. The summed E-state index contributed by atoms with van der Waals surface area (Å²) in [6, 6.07) is 3.51. The lowest BCUT2D eigenvalue weighted by molar-refractivity contribution is -0.135. The van der Waals surface area contributed by atoms with E-state index in [4.69, 9.17) is 34.7 Å². The Labute approximate surface area is 215 Å². The summed E-state index contributed by atoms with van der Waals surface area (Å²) in [6.45, 7) is 7.72. The van der Waals surface area contributed by atoms with Gasteiger partial charge in [-0.25, -0.2) is 9.31 Å². The molecule has 210 valence electrons. The molecular formula is C21H36N5O10P. The second-order valence-corrected chi connectivity index (χ2v) is 10.00. The van der Waals surface area contributed by atoms with Crippen LogP contribution < -0.4 is 11.5 Å². The molecule has 0 saturated heterocycles. The first-order valence-corrected chi connectivity index (χ1v) is 12.9. The molecule has 0 aliphatic rings. The van der Waals surface area contributed by atoms with E-state index < -0.39 is 45.9 Å². The van der Waals surface area contributed by atoms with Gasteiger partial charge in [0.25, 0.3) is 6.47 Å². The summed E-state index contributed by atoms with van der Waals surface area (Å²) in [5.74, 6) is 0.244. The topological polar surface area (TPSA) is 198 Å². The van der Waals surface area contributed by atoms with E-state index in [9.17, 15) is 14.2 Å². The fraction of sp³-hybridized carbons (Fsp3) is 0.619. The fourth-order valence-corrected chi connectivity index (χ4v) is 3.54. The number of nitrogens with zero attached hydrogens (tertiary/aromatic N) is 3. The molecule has 2 unspecified atom stereocenters. The molecule has 0 aliphatic heterocycles. The molecule has 15 nitrogen and oxygen atoms in total. The molecule has 2 aromatic rings. The number of nitrogen functional groups attached to an aromatic ring is 2. The van der Waals surface area contributed by atoms with Gasteiger partial charge in [-0.2, -0.15) is 4.98 Å². The Hall–Kier alpha value is -2.97. The van der Waals surface area contributed by atoms with Gasteiger partial charge in [0.2, 0.25) is 19.5 Å². The number of aromatic nitrogens is 3. The van der Waals surface area contributed by atoms with Crippen LogP contribution in [0.15, 0.2) is 12.1 Å². The Kier molecular flexibility index (Phi) is 13.9. The number of anilines is 2. The summed E-state index contributed by atoms with van der Waals surface area (Å²) in [6.07, 6.45) is -1.68. The van der Waals surface area contributed by atoms with Gasteiger partial charge in [-0.3, -0.25) is 18.4 Å². The van der Waals surface area contributed by atoms with E-state index in [1.54, 1.807) is 40.0 Å². The van der Waals surface area contributed by atoms with Crippen molar-refractivity contribution in [1.82, 2.24) is 14.6 Å². The number of fused-ring (bicyclic) bond motifs is 1. The molecule has 4 N–H and O–H groups in total. The Bertz CT molecular complexity index is 1030. The van der Waals surface area contributed by atoms with Crippen molar-refractivity contribution in [1.29, 1.82) is 0 Å². The number of hydrogen-bond acceptors (Lipinski definition) is 14. The van der Waals surface area contributed by atoms with Crippen LogP contribution >= 0.6 is 7.60 Å². The third kappa shape index (κ3) is 12.2. The van der Waals surface area contributed by atoms with Crippen molar-refractivity contribution >= 4 is 37.5 Å². The molecule has 0 bridgehead atoms. The third-order valence-electron chi connectivity index (χ3n) is 4.26. The average molecular weight is 550 g/mol. The van der Waals surface area contributed by atoms with Crippen LogP contribution in [0.3, 0.4) is 0 Å². The number of nitrogens with two attached hydrogens (primary N) is 2. The van der Waals surface area contributed by atoms with Crippen LogP contribution in [0, 0.1) is 0 Å². The molecule has 37 heavy (non-hydrogen) atoms. The van der Waals surface area contributed by atoms with E-state index in [2.05, 4.69) is 19.6 Å². The van der Waals surface area contributed by atoms with Crippen LogP contribution in [0.4, 0.5) is 16.6 Å². The number of ether oxygens (including phenoxy) is 5. The van der Waals surface area contributed by atoms with Gasteiger partial charge in [0, 0.05) is 19.2 Å². The van der Waals surface area contributed by atoms with Crippen molar-refractivity contribution in [3.05, 3.63) is 17.8 Å². The van der Waals surface area contributed by atoms with E-state index >= 15 is 0 Å². The highest BCUT2D eigenvalue weighted by atomic mass is 31.2. The molecule has 0 fully saturated rings. The minimum absolute atomic E-state index is 0.0125. The van der Waals surface area contributed by atoms with E-state index in [0.29, 0.717) is 23.7 Å². The Balaban J connectivity index is 0.00000124. The van der Waals surface area contributed by atoms with Crippen LogP contribution in [0.1, 0.15) is 40.3 Å². The molecule has 0 aliphatic carbocycles. The summed E-state index contributed by atoms with van der Waals surface area (Å²) < 4.78 is 48.6. The lowest BCUT2D eigenvalue weighted by atomic mass is 10.2. The molecule has 2 heterocycles. The van der Waals surface area contributed by atoms with Crippen LogP contribution in [-0.2, 0) is 48.5 Å². The highest BCUT2D eigenvalue weighted by molar-refractivity contribution is 7.53. The quantitative estimate of drug-likeness (QED) is 0.115. The average Bonchev–Trinajstić information content (AvgIpc) is 3.20. The summed E-state index contributed by atoms with van der Waals surface area (Å²) in [7, 11) is -2.26. The van der Waals surface area contributed by atoms with Crippen LogP contribution in [-0.4, -0.2) is 72.6 Å². The van der Waals surface area contributed by atoms with Gasteiger partial charge < -0.3 is 35.2 Å². The number of rotatable bonds is 14. The highest BCUT2D eigenvalue weighted by Crippen LogP contribution is 2.48. The van der Waals surface area contributed by atoms with E-state index in [-0.39, 0.29) is 18.2 Å². The van der Waals surface area contributed by atoms with Crippen molar-refractivity contribution in [2.45, 2.75) is 59.4 Å². The first-order chi connectivity index (χ1) is 17.4. The minimum atomic E-state index is -3.96. The van der Waals surface area contributed by atoms with Gasteiger partial charge in [-0.05, 0) is 46.8 Å². The normalized spacial score (nSPS) is 13.5. The van der Waals surface area contributed by atoms with Gasteiger partial charge in [-0.15, -0.1) is 5.10 Å². The summed E-state index contributed by atoms with van der Waals surface area (Å²) in [4.78, 5) is 25.6. The molecule has 2 rings (SSSR count). The van der Waals surface area contributed by atoms with Gasteiger partial charge in [-0.1, -0.05) is 0 Å². The number of hydrogen-bond donors (Lipinski definition) is 2. The SMILES string of the molecule is CC(C)OC(=O)OCOP(=O)(COC(C)Cc1ccc2c(N)nc(N)nn12)OCOC=O.COC(C)C. The largest absolute Gasteiger partial charge is 0.510 e. The Morgan fingerprint density at radius 1 is 1.11 bits per heavy atom. The van der Waals surface area contributed by atoms with Crippen LogP contribution in [0.5, 0.6) is 0 Å². The maximum atomic E-state index is 12.8. The molecule has 2 atom stereocenters. The third-order valence-corrected chi connectivity index (χ3v) is 5.73. The van der Waals surface area contributed by atoms with E-state index in [1.165, 1.54) is 4.52 Å². The van der Waals surface area contributed by atoms with Gasteiger partial charge in [0.05, 0.1) is 18.3 Å². The lowest BCUT2D eigenvalue weighted by Gasteiger charge is -2.20. The Morgan fingerprint density at radius 2 is 1.76 bits per heavy atom. The monoisotopic (exact) mass is 549 g/mol. The fourth-order valence-electron chi connectivity index (χ4n) is 2.45. The second-order valence-electron chi connectivity index (χ2n) is 8.00. The van der Waals surface area contributed by atoms with Gasteiger partial charge in [0.15, 0.2) is 5.82 Å². The number of carbonyl (C=O) groups is 2. The predicted molar refractivity (Wildman–Crippen MR) is 132 cm³/mol. The van der Waals surface area contributed by atoms with E-state index in [1.807, 2.05) is 13.8 Å². The number of methoxy groups -OCH3 is 1. The molecule has 0 amide bonds. The molecule has 16 heteroatoms. The van der Waals surface area contributed by atoms with Gasteiger partial charge in [0.1, 0.15) is 11.9 Å². The van der Waals surface area contributed by atoms with Crippen molar-refractivity contribution < 1.29 is 46.9 Å². The first-order valence-electron chi connectivity index (χ1n) is 11.2. The zero-order valence-corrected chi connectivity index (χ0v) is 22.7. The summed E-state index contributed by atoms with van der Waals surface area (Å²) >= 11 is 0. The standard InChI is InChI=1S/C17H26N5O9P.C4H10O/c1-11(2)31-17(24)27-9-30-32(25,29-8-26-7-23)10-28-12(3)6-13-4-5-14-15(18)20-16(19)21-22(13)14;1-4(2)5-3/h4-5,7,11-12H,6,8-10H2,1-3H3,(H4,18,19,20,21);4H,1-3H3. The van der Waals surface area contributed by atoms with Gasteiger partial charge >= 0.3 is 13.8 Å². The summed E-state index contributed by atoms with van der Waals surface area (Å²) in [5, 5.41) is 4.12. The molecule has 0 radical (unpaired) electrons. The minimum Gasteiger partial charge on any atom is -0.440 e. The van der Waals surface area contributed by atoms with Crippen molar-refractivity contribution in [3.63, 3.8) is 0 Å². The van der Waals surface area contributed by atoms with Crippen molar-refractivity contribution in [2.24, 2.45) is 0 Å².